The van der Waals surface area contributed by atoms with Crippen molar-refractivity contribution in [1.29, 1.82) is 0 Å². The van der Waals surface area contributed by atoms with Crippen LogP contribution in [0.3, 0.4) is 0 Å². The molecule has 1 aliphatic rings. The third kappa shape index (κ3) is 3.90. The van der Waals surface area contributed by atoms with Crippen molar-refractivity contribution >= 4 is 39.2 Å². The zero-order valence-corrected chi connectivity index (χ0v) is 17.1. The van der Waals surface area contributed by atoms with Crippen LogP contribution in [0.5, 0.6) is 0 Å². The lowest BCUT2D eigenvalue weighted by molar-refractivity contribution is -0.121. The molecule has 2 heterocycles. The second-order valence-electron chi connectivity index (χ2n) is 7.24. The third-order valence-electron chi connectivity index (χ3n) is 5.08. The zero-order valence-electron chi connectivity index (χ0n) is 16.3. The predicted octanol–water partition coefficient (Wildman–Crippen LogP) is 5.66. The molecule has 0 fully saturated rings. The van der Waals surface area contributed by atoms with E-state index in [1.54, 1.807) is 11.3 Å². The van der Waals surface area contributed by atoms with Crippen molar-refractivity contribution in [2.24, 2.45) is 4.99 Å². The second kappa shape index (κ2) is 8.22. The molecule has 3 aromatic carbocycles. The molecular weight excluding hydrogens is 392 g/mol. The monoisotopic (exact) mass is 412 g/mol. The quantitative estimate of drug-likeness (QED) is 0.444. The summed E-state index contributed by atoms with van der Waals surface area (Å²) in [6.07, 6.45) is 1.88. The van der Waals surface area contributed by atoms with Crippen LogP contribution in [0.4, 0.5) is 5.69 Å². The first kappa shape index (κ1) is 18.7. The third-order valence-corrected chi connectivity index (χ3v) is 6.23. The number of carbonyl (C=O) groups is 1. The lowest BCUT2D eigenvalue weighted by Gasteiger charge is -2.12. The predicted molar refractivity (Wildman–Crippen MR) is 123 cm³/mol. The number of thiophene rings is 1. The van der Waals surface area contributed by atoms with Gasteiger partial charge in [-0.2, -0.15) is 0 Å². The molecule has 5 heteroatoms. The summed E-state index contributed by atoms with van der Waals surface area (Å²) in [4.78, 5) is 18.1. The van der Waals surface area contributed by atoms with Gasteiger partial charge in [-0.15, -0.1) is 11.3 Å². The fraction of sp³-hybridized carbons (Fsp3) is 0.120. The number of fused-ring (bicyclic) bond motifs is 2. The van der Waals surface area contributed by atoms with E-state index in [1.165, 1.54) is 20.5 Å². The number of anilines is 1. The minimum Gasteiger partial charge on any atom is -0.367 e. The Morgan fingerprint density at radius 2 is 1.87 bits per heavy atom. The number of hydrogen-bond acceptors (Lipinski definition) is 4. The summed E-state index contributed by atoms with van der Waals surface area (Å²) in [5, 5.41) is 4.21. The number of carbonyl (C=O) groups excluding carboxylic acids is 1. The summed E-state index contributed by atoms with van der Waals surface area (Å²) in [5.74, 6) is -0.164. The van der Waals surface area contributed by atoms with Gasteiger partial charge in [0.2, 0.25) is 5.91 Å². The molecule has 4 aromatic rings. The van der Waals surface area contributed by atoms with Crippen LogP contribution in [0.25, 0.3) is 20.5 Å². The van der Waals surface area contributed by atoms with Crippen LogP contribution >= 0.6 is 11.3 Å². The van der Waals surface area contributed by atoms with Crippen LogP contribution in [0.2, 0.25) is 0 Å². The highest BCUT2D eigenvalue weighted by atomic mass is 32.1. The van der Waals surface area contributed by atoms with Crippen molar-refractivity contribution in [2.75, 3.05) is 11.9 Å². The first-order chi connectivity index (χ1) is 14.8. The molecule has 0 atom stereocenters. The van der Waals surface area contributed by atoms with Gasteiger partial charge in [0.1, 0.15) is 6.61 Å². The van der Waals surface area contributed by atoms with Crippen molar-refractivity contribution in [3.8, 4) is 10.4 Å². The Morgan fingerprint density at radius 1 is 1.03 bits per heavy atom. The second-order valence-corrected chi connectivity index (χ2v) is 8.32. The van der Waals surface area contributed by atoms with Crippen LogP contribution in [0.15, 0.2) is 77.8 Å². The maximum atomic E-state index is 12.4. The van der Waals surface area contributed by atoms with Gasteiger partial charge in [0.25, 0.3) is 0 Å². The highest BCUT2D eigenvalue weighted by molar-refractivity contribution is 7.22. The van der Waals surface area contributed by atoms with Crippen LogP contribution in [-0.4, -0.2) is 18.7 Å². The SMILES string of the molecule is O=C(COCc1ccccc1)Nc1cc2c(c(-c3cc4ccccc4s3)c1)CN=C2. The van der Waals surface area contributed by atoms with Gasteiger partial charge in [0, 0.05) is 27.0 Å². The van der Waals surface area contributed by atoms with Crippen molar-refractivity contribution < 1.29 is 9.53 Å². The first-order valence-electron chi connectivity index (χ1n) is 9.83. The Bertz CT molecular complexity index is 1210. The van der Waals surface area contributed by atoms with E-state index in [2.05, 4.69) is 40.6 Å². The van der Waals surface area contributed by atoms with E-state index in [0.717, 1.165) is 22.4 Å². The van der Waals surface area contributed by atoms with Gasteiger partial charge < -0.3 is 10.1 Å². The van der Waals surface area contributed by atoms with E-state index in [4.69, 9.17) is 4.74 Å². The molecule has 30 heavy (non-hydrogen) atoms. The van der Waals surface area contributed by atoms with Crippen LogP contribution in [0.1, 0.15) is 16.7 Å². The Balaban J connectivity index is 1.35. The molecule has 0 saturated heterocycles. The lowest BCUT2D eigenvalue weighted by Crippen LogP contribution is -2.18. The van der Waals surface area contributed by atoms with E-state index in [9.17, 15) is 4.79 Å². The Morgan fingerprint density at radius 3 is 2.73 bits per heavy atom. The number of amides is 1. The number of rotatable bonds is 6. The Hall–Kier alpha value is -3.28. The van der Waals surface area contributed by atoms with E-state index in [-0.39, 0.29) is 12.5 Å². The number of nitrogens with one attached hydrogen (secondary N) is 1. The Kier molecular flexibility index (Phi) is 5.13. The van der Waals surface area contributed by atoms with Gasteiger partial charge >= 0.3 is 0 Å². The summed E-state index contributed by atoms with van der Waals surface area (Å²) in [5.41, 5.74) is 5.21. The molecule has 1 amide bonds. The summed E-state index contributed by atoms with van der Waals surface area (Å²) >= 11 is 1.76. The maximum Gasteiger partial charge on any atom is 0.250 e. The van der Waals surface area contributed by atoms with Crippen molar-refractivity contribution in [2.45, 2.75) is 13.2 Å². The molecule has 1 N–H and O–H groups in total. The Labute approximate surface area is 178 Å². The number of hydrogen-bond donors (Lipinski definition) is 1. The standard InChI is InChI=1S/C25H20N2O2S/c28-25(16-29-15-17-6-2-1-3-7-17)27-20-10-19-13-26-14-22(19)21(12-20)24-11-18-8-4-5-9-23(18)30-24/h1-13H,14-16H2,(H,27,28). The zero-order chi connectivity index (χ0) is 20.3. The molecule has 0 spiro atoms. The molecule has 4 nitrogen and oxygen atoms in total. The molecule has 0 unspecified atom stereocenters. The highest BCUT2D eigenvalue weighted by Gasteiger charge is 2.17. The van der Waals surface area contributed by atoms with E-state index < -0.39 is 0 Å². The van der Waals surface area contributed by atoms with Gasteiger partial charge in [-0.1, -0.05) is 48.5 Å². The van der Waals surface area contributed by atoms with Gasteiger partial charge in [0.05, 0.1) is 13.2 Å². The molecule has 5 rings (SSSR count). The number of nitrogens with zero attached hydrogens (tertiary/aromatic N) is 1. The molecule has 0 aliphatic carbocycles. The average Bonchev–Trinajstić information content (AvgIpc) is 3.40. The topological polar surface area (TPSA) is 50.7 Å². The maximum absolute atomic E-state index is 12.4. The largest absolute Gasteiger partial charge is 0.367 e. The van der Waals surface area contributed by atoms with Crippen molar-refractivity contribution in [1.82, 2.24) is 0 Å². The molecule has 0 bridgehead atoms. The van der Waals surface area contributed by atoms with Gasteiger partial charge in [-0.05, 0) is 46.3 Å². The highest BCUT2D eigenvalue weighted by Crippen LogP contribution is 2.39. The van der Waals surface area contributed by atoms with Crippen LogP contribution in [-0.2, 0) is 22.7 Å². The minimum atomic E-state index is -0.164. The van der Waals surface area contributed by atoms with Crippen LogP contribution in [0, 0.1) is 0 Å². The van der Waals surface area contributed by atoms with Crippen molar-refractivity contribution in [3.63, 3.8) is 0 Å². The lowest BCUT2D eigenvalue weighted by atomic mass is 10.0. The molecule has 1 aromatic heterocycles. The minimum absolute atomic E-state index is 0.0122. The number of ether oxygens (including phenoxy) is 1. The fourth-order valence-electron chi connectivity index (χ4n) is 3.66. The summed E-state index contributed by atoms with van der Waals surface area (Å²) < 4.78 is 6.82. The van der Waals surface area contributed by atoms with Crippen molar-refractivity contribution in [3.05, 3.63) is 89.5 Å². The van der Waals surface area contributed by atoms with E-state index in [0.29, 0.717) is 13.2 Å². The van der Waals surface area contributed by atoms with E-state index >= 15 is 0 Å². The average molecular weight is 413 g/mol. The van der Waals surface area contributed by atoms with Gasteiger partial charge in [-0.3, -0.25) is 9.79 Å². The number of aliphatic imine (C=N–C) groups is 1. The summed E-state index contributed by atoms with van der Waals surface area (Å²) in [6.45, 7) is 1.10. The molecule has 0 saturated carbocycles. The van der Waals surface area contributed by atoms with Crippen LogP contribution < -0.4 is 5.32 Å². The summed E-state index contributed by atoms with van der Waals surface area (Å²) in [6, 6.07) is 24.5. The summed E-state index contributed by atoms with van der Waals surface area (Å²) in [7, 11) is 0. The molecule has 1 aliphatic heterocycles. The molecule has 148 valence electrons. The molecular formula is C25H20N2O2S. The van der Waals surface area contributed by atoms with E-state index in [1.807, 2.05) is 48.7 Å². The first-order valence-corrected chi connectivity index (χ1v) is 10.7. The van der Waals surface area contributed by atoms with Gasteiger partial charge in [-0.25, -0.2) is 0 Å². The fourth-order valence-corrected chi connectivity index (χ4v) is 4.77. The normalized spacial score (nSPS) is 12.3. The number of benzene rings is 3. The van der Waals surface area contributed by atoms with Gasteiger partial charge in [0.15, 0.2) is 0 Å². The smallest absolute Gasteiger partial charge is 0.250 e. The molecule has 0 radical (unpaired) electrons.